The molecule has 3 nitrogen and oxygen atoms in total. The molecule has 2 aromatic carbocycles. The molecule has 0 heterocycles. The smallest absolute Gasteiger partial charge is 0.123 e. The van der Waals surface area contributed by atoms with Crippen molar-refractivity contribution in [3.05, 3.63) is 63.6 Å². The lowest BCUT2D eigenvalue weighted by molar-refractivity contribution is 0.317. The van der Waals surface area contributed by atoms with Gasteiger partial charge in [0, 0.05) is 29.7 Å². The minimum absolute atomic E-state index is 0.496. The molecule has 112 valence electrons. The van der Waals surface area contributed by atoms with Crippen molar-refractivity contribution in [2.24, 2.45) is 5.73 Å². The van der Waals surface area contributed by atoms with Gasteiger partial charge in [0.15, 0.2) is 0 Å². The third-order valence-electron chi connectivity index (χ3n) is 3.42. The van der Waals surface area contributed by atoms with Crippen LogP contribution in [0.25, 0.3) is 0 Å². The second-order valence-electron chi connectivity index (χ2n) is 5.11. The second kappa shape index (κ2) is 7.59. The lowest BCUT2D eigenvalue weighted by Crippen LogP contribution is -2.17. The molecular formula is C17H21BrN2O. The molecule has 2 aromatic rings. The zero-order valence-electron chi connectivity index (χ0n) is 12.5. The molecule has 0 aliphatic rings. The van der Waals surface area contributed by atoms with Gasteiger partial charge in [0.05, 0.1) is 7.11 Å². The predicted molar refractivity (Wildman–Crippen MR) is 90.2 cm³/mol. The van der Waals surface area contributed by atoms with E-state index >= 15 is 0 Å². The summed E-state index contributed by atoms with van der Waals surface area (Å²) in [6, 6.07) is 14.5. The van der Waals surface area contributed by atoms with E-state index in [1.54, 1.807) is 7.11 Å². The van der Waals surface area contributed by atoms with Gasteiger partial charge in [-0.1, -0.05) is 46.3 Å². The number of nitrogens with zero attached hydrogens (tertiary/aromatic N) is 1. The van der Waals surface area contributed by atoms with Crippen molar-refractivity contribution in [1.82, 2.24) is 4.90 Å². The van der Waals surface area contributed by atoms with E-state index < -0.39 is 0 Å². The van der Waals surface area contributed by atoms with Crippen molar-refractivity contribution < 1.29 is 4.74 Å². The van der Waals surface area contributed by atoms with Crippen LogP contribution in [0.3, 0.4) is 0 Å². The highest BCUT2D eigenvalue weighted by Gasteiger charge is 2.07. The van der Waals surface area contributed by atoms with E-state index in [1.165, 1.54) is 11.1 Å². The van der Waals surface area contributed by atoms with Gasteiger partial charge in [-0.05, 0) is 30.3 Å². The van der Waals surface area contributed by atoms with Crippen molar-refractivity contribution in [2.45, 2.75) is 19.6 Å². The van der Waals surface area contributed by atoms with Crippen LogP contribution in [0.1, 0.15) is 16.7 Å². The number of benzene rings is 2. The fourth-order valence-electron chi connectivity index (χ4n) is 2.34. The number of nitrogens with two attached hydrogens (primary N) is 1. The van der Waals surface area contributed by atoms with Gasteiger partial charge in [-0.3, -0.25) is 4.90 Å². The zero-order chi connectivity index (χ0) is 15.2. The van der Waals surface area contributed by atoms with Gasteiger partial charge in [-0.25, -0.2) is 0 Å². The standard InChI is InChI=1S/C17H21BrN2O/c1-20(12-15-5-3-4-6-16(15)18)11-13-7-8-14(10-19)17(9-13)21-2/h3-9H,10-12,19H2,1-2H3. The summed E-state index contributed by atoms with van der Waals surface area (Å²) in [6.45, 7) is 2.25. The topological polar surface area (TPSA) is 38.5 Å². The Morgan fingerprint density at radius 3 is 2.52 bits per heavy atom. The van der Waals surface area contributed by atoms with E-state index in [2.05, 4.69) is 58.2 Å². The molecule has 0 spiro atoms. The van der Waals surface area contributed by atoms with Gasteiger partial charge in [0.2, 0.25) is 0 Å². The lowest BCUT2D eigenvalue weighted by atomic mass is 10.1. The van der Waals surface area contributed by atoms with Crippen molar-refractivity contribution in [3.8, 4) is 5.75 Å². The molecule has 0 amide bonds. The fraction of sp³-hybridized carbons (Fsp3) is 0.294. The van der Waals surface area contributed by atoms with E-state index in [4.69, 9.17) is 10.5 Å². The van der Waals surface area contributed by atoms with Gasteiger partial charge < -0.3 is 10.5 Å². The minimum Gasteiger partial charge on any atom is -0.496 e. The summed E-state index contributed by atoms with van der Waals surface area (Å²) in [5.74, 6) is 0.865. The van der Waals surface area contributed by atoms with Crippen LogP contribution in [0.4, 0.5) is 0 Å². The molecule has 0 fully saturated rings. The Hall–Kier alpha value is -1.36. The van der Waals surface area contributed by atoms with Gasteiger partial charge >= 0.3 is 0 Å². The summed E-state index contributed by atoms with van der Waals surface area (Å²) in [5.41, 5.74) is 9.24. The average molecular weight is 349 g/mol. The molecule has 0 aromatic heterocycles. The summed E-state index contributed by atoms with van der Waals surface area (Å²) >= 11 is 3.59. The Morgan fingerprint density at radius 1 is 1.10 bits per heavy atom. The second-order valence-corrected chi connectivity index (χ2v) is 5.97. The largest absolute Gasteiger partial charge is 0.496 e. The molecule has 0 bridgehead atoms. The first-order valence-corrected chi connectivity index (χ1v) is 7.71. The molecule has 21 heavy (non-hydrogen) atoms. The van der Waals surface area contributed by atoms with Crippen molar-refractivity contribution in [1.29, 1.82) is 0 Å². The number of hydrogen-bond acceptors (Lipinski definition) is 3. The number of ether oxygens (including phenoxy) is 1. The molecule has 0 saturated heterocycles. The number of halogens is 1. The van der Waals surface area contributed by atoms with Crippen LogP contribution in [0.2, 0.25) is 0 Å². The Labute approximate surface area is 134 Å². The first-order valence-electron chi connectivity index (χ1n) is 6.92. The Bertz CT molecular complexity index is 601. The van der Waals surface area contributed by atoms with E-state index in [0.717, 1.165) is 28.9 Å². The van der Waals surface area contributed by atoms with E-state index in [0.29, 0.717) is 6.54 Å². The summed E-state index contributed by atoms with van der Waals surface area (Å²) in [7, 11) is 3.80. The predicted octanol–water partition coefficient (Wildman–Crippen LogP) is 3.55. The molecule has 0 radical (unpaired) electrons. The maximum Gasteiger partial charge on any atom is 0.123 e. The monoisotopic (exact) mass is 348 g/mol. The van der Waals surface area contributed by atoms with E-state index in [-0.39, 0.29) is 0 Å². The Kier molecular flexibility index (Phi) is 5.79. The highest BCUT2D eigenvalue weighted by atomic mass is 79.9. The van der Waals surface area contributed by atoms with Crippen molar-refractivity contribution >= 4 is 15.9 Å². The zero-order valence-corrected chi connectivity index (χ0v) is 14.1. The van der Waals surface area contributed by atoms with Crippen molar-refractivity contribution in [2.75, 3.05) is 14.2 Å². The maximum atomic E-state index is 5.70. The van der Waals surface area contributed by atoms with Crippen molar-refractivity contribution in [3.63, 3.8) is 0 Å². The maximum absolute atomic E-state index is 5.70. The minimum atomic E-state index is 0.496. The fourth-order valence-corrected chi connectivity index (χ4v) is 2.75. The van der Waals surface area contributed by atoms with Crippen LogP contribution >= 0.6 is 15.9 Å². The molecule has 0 aliphatic heterocycles. The SMILES string of the molecule is COc1cc(CN(C)Cc2ccccc2Br)ccc1CN. The molecule has 0 atom stereocenters. The first kappa shape index (κ1) is 16.0. The third-order valence-corrected chi connectivity index (χ3v) is 4.20. The van der Waals surface area contributed by atoms with E-state index in [9.17, 15) is 0 Å². The van der Waals surface area contributed by atoms with Gasteiger partial charge in [0.25, 0.3) is 0 Å². The van der Waals surface area contributed by atoms with Crippen LogP contribution in [0, 0.1) is 0 Å². The van der Waals surface area contributed by atoms with Crippen LogP contribution in [-0.2, 0) is 19.6 Å². The van der Waals surface area contributed by atoms with Crippen LogP contribution < -0.4 is 10.5 Å². The average Bonchev–Trinajstić information content (AvgIpc) is 2.49. The van der Waals surface area contributed by atoms with Gasteiger partial charge in [-0.15, -0.1) is 0 Å². The molecule has 2 rings (SSSR count). The summed E-state index contributed by atoms with van der Waals surface area (Å²) < 4.78 is 6.54. The Morgan fingerprint density at radius 2 is 1.86 bits per heavy atom. The highest BCUT2D eigenvalue weighted by Crippen LogP contribution is 2.22. The summed E-state index contributed by atoms with van der Waals surface area (Å²) in [5, 5.41) is 0. The first-order chi connectivity index (χ1) is 10.1. The molecule has 0 unspecified atom stereocenters. The normalized spacial score (nSPS) is 10.9. The van der Waals surface area contributed by atoms with E-state index in [1.807, 2.05) is 12.1 Å². The summed E-state index contributed by atoms with van der Waals surface area (Å²) in [4.78, 5) is 2.27. The number of rotatable bonds is 6. The van der Waals surface area contributed by atoms with Crippen LogP contribution in [0.5, 0.6) is 5.75 Å². The molecule has 0 saturated carbocycles. The summed E-state index contributed by atoms with van der Waals surface area (Å²) in [6.07, 6.45) is 0. The van der Waals surface area contributed by atoms with Crippen LogP contribution in [0.15, 0.2) is 46.9 Å². The molecular weight excluding hydrogens is 328 g/mol. The third kappa shape index (κ3) is 4.30. The number of hydrogen-bond donors (Lipinski definition) is 1. The lowest BCUT2D eigenvalue weighted by Gasteiger charge is -2.18. The highest BCUT2D eigenvalue weighted by molar-refractivity contribution is 9.10. The molecule has 2 N–H and O–H groups in total. The molecule has 0 aliphatic carbocycles. The van der Waals surface area contributed by atoms with Crippen LogP contribution in [-0.4, -0.2) is 19.1 Å². The van der Waals surface area contributed by atoms with Gasteiger partial charge in [0.1, 0.15) is 5.75 Å². The number of methoxy groups -OCH3 is 1. The quantitative estimate of drug-likeness (QED) is 0.867. The Balaban J connectivity index is 2.06. The molecule has 4 heteroatoms. The van der Waals surface area contributed by atoms with Gasteiger partial charge in [-0.2, -0.15) is 0 Å².